The van der Waals surface area contributed by atoms with Gasteiger partial charge in [-0.3, -0.25) is 4.79 Å². The zero-order valence-electron chi connectivity index (χ0n) is 8.22. The Kier molecular flexibility index (Phi) is 3.03. The molecule has 0 N–H and O–H groups in total. The SMILES string of the molecule is CC1CSCc2c(Cl)ccc(F)c2C1=O. The molecule has 2 rings (SSSR count). The van der Waals surface area contributed by atoms with Gasteiger partial charge in [0.05, 0.1) is 5.56 Å². The van der Waals surface area contributed by atoms with Gasteiger partial charge in [0.25, 0.3) is 0 Å². The van der Waals surface area contributed by atoms with Gasteiger partial charge in [-0.1, -0.05) is 18.5 Å². The minimum atomic E-state index is -0.450. The van der Waals surface area contributed by atoms with E-state index in [1.165, 1.54) is 12.1 Å². The summed E-state index contributed by atoms with van der Waals surface area (Å²) in [7, 11) is 0. The van der Waals surface area contributed by atoms with Crippen molar-refractivity contribution >= 4 is 29.1 Å². The number of thioether (sulfide) groups is 1. The lowest BCUT2D eigenvalue weighted by Crippen LogP contribution is -2.14. The van der Waals surface area contributed by atoms with Crippen LogP contribution in [-0.2, 0) is 5.75 Å². The van der Waals surface area contributed by atoms with Crippen molar-refractivity contribution in [2.45, 2.75) is 12.7 Å². The molecule has 15 heavy (non-hydrogen) atoms. The Hall–Kier alpha value is -0.540. The number of fused-ring (bicyclic) bond motifs is 1. The summed E-state index contributed by atoms with van der Waals surface area (Å²) in [6, 6.07) is 2.78. The standard InChI is InChI=1S/C11H10ClFOS/c1-6-4-15-5-7-8(12)2-3-9(13)10(7)11(6)14/h2-3,6H,4-5H2,1H3. The number of hydrogen-bond acceptors (Lipinski definition) is 2. The van der Waals surface area contributed by atoms with Crippen molar-refractivity contribution in [3.63, 3.8) is 0 Å². The van der Waals surface area contributed by atoms with Crippen molar-refractivity contribution < 1.29 is 9.18 Å². The predicted octanol–water partition coefficient (Wildman–Crippen LogP) is 3.54. The Morgan fingerprint density at radius 1 is 1.53 bits per heavy atom. The summed E-state index contributed by atoms with van der Waals surface area (Å²) in [4.78, 5) is 11.9. The molecule has 1 aliphatic heterocycles. The van der Waals surface area contributed by atoms with Crippen LogP contribution in [0.25, 0.3) is 0 Å². The maximum atomic E-state index is 13.6. The predicted molar refractivity (Wildman–Crippen MR) is 61.1 cm³/mol. The zero-order valence-corrected chi connectivity index (χ0v) is 9.79. The van der Waals surface area contributed by atoms with Crippen LogP contribution in [0.15, 0.2) is 12.1 Å². The molecule has 0 saturated carbocycles. The van der Waals surface area contributed by atoms with Gasteiger partial charge in [-0.25, -0.2) is 4.39 Å². The number of ketones is 1. The molecule has 0 aromatic heterocycles. The molecule has 80 valence electrons. The Labute approximate surface area is 97.0 Å². The molecular weight excluding hydrogens is 235 g/mol. The number of carbonyl (C=O) groups excluding carboxylic acids is 1. The molecule has 1 heterocycles. The number of rotatable bonds is 0. The second-order valence-electron chi connectivity index (χ2n) is 3.66. The van der Waals surface area contributed by atoms with Gasteiger partial charge < -0.3 is 0 Å². The van der Waals surface area contributed by atoms with Crippen molar-refractivity contribution in [1.82, 2.24) is 0 Å². The zero-order chi connectivity index (χ0) is 11.0. The van der Waals surface area contributed by atoms with E-state index in [1.54, 1.807) is 11.8 Å². The molecule has 0 spiro atoms. The van der Waals surface area contributed by atoms with Gasteiger partial charge in [-0.05, 0) is 17.7 Å². The number of Topliss-reactive ketones (excluding diaryl/α,β-unsaturated/α-hetero) is 1. The van der Waals surface area contributed by atoms with Crippen LogP contribution >= 0.6 is 23.4 Å². The first-order valence-electron chi connectivity index (χ1n) is 4.70. The van der Waals surface area contributed by atoms with Gasteiger partial charge in [0.15, 0.2) is 5.78 Å². The molecule has 4 heteroatoms. The molecule has 0 amide bonds. The van der Waals surface area contributed by atoms with Crippen molar-refractivity contribution in [2.75, 3.05) is 5.75 Å². The van der Waals surface area contributed by atoms with E-state index in [2.05, 4.69) is 0 Å². The Balaban J connectivity index is 2.62. The maximum Gasteiger partial charge on any atom is 0.169 e. The smallest absolute Gasteiger partial charge is 0.169 e. The third-order valence-corrected chi connectivity index (χ3v) is 4.10. The van der Waals surface area contributed by atoms with E-state index in [1.807, 2.05) is 6.92 Å². The van der Waals surface area contributed by atoms with Crippen LogP contribution in [-0.4, -0.2) is 11.5 Å². The molecule has 1 aliphatic rings. The minimum absolute atomic E-state index is 0.130. The lowest BCUT2D eigenvalue weighted by Gasteiger charge is -2.09. The van der Waals surface area contributed by atoms with Crippen LogP contribution in [0, 0.1) is 11.7 Å². The first kappa shape index (κ1) is 11.0. The third kappa shape index (κ3) is 1.91. The fourth-order valence-electron chi connectivity index (χ4n) is 1.66. The van der Waals surface area contributed by atoms with E-state index >= 15 is 0 Å². The average molecular weight is 245 g/mol. The Bertz CT molecular complexity index is 419. The van der Waals surface area contributed by atoms with Gasteiger partial charge in [-0.2, -0.15) is 11.8 Å². The first-order valence-corrected chi connectivity index (χ1v) is 6.23. The molecule has 0 fully saturated rings. The molecule has 0 radical (unpaired) electrons. The van der Waals surface area contributed by atoms with Crippen LogP contribution in [0.4, 0.5) is 4.39 Å². The summed E-state index contributed by atoms with van der Waals surface area (Å²) in [6.07, 6.45) is 0. The van der Waals surface area contributed by atoms with E-state index in [-0.39, 0.29) is 17.3 Å². The quantitative estimate of drug-likeness (QED) is 0.694. The topological polar surface area (TPSA) is 17.1 Å². The van der Waals surface area contributed by atoms with Gasteiger partial charge >= 0.3 is 0 Å². The summed E-state index contributed by atoms with van der Waals surface area (Å²) in [5, 5.41) is 0.487. The molecular formula is C11H10ClFOS. The van der Waals surface area contributed by atoms with Crippen LogP contribution in [0.3, 0.4) is 0 Å². The normalized spacial score (nSPS) is 21.0. The number of hydrogen-bond donors (Lipinski definition) is 0. The Morgan fingerprint density at radius 2 is 2.27 bits per heavy atom. The second kappa shape index (κ2) is 4.14. The molecule has 1 unspecified atom stereocenters. The molecule has 0 aliphatic carbocycles. The van der Waals surface area contributed by atoms with Crippen molar-refractivity contribution in [1.29, 1.82) is 0 Å². The molecule has 0 bridgehead atoms. The van der Waals surface area contributed by atoms with Gasteiger partial charge in [0.2, 0.25) is 0 Å². The van der Waals surface area contributed by atoms with Crippen LogP contribution in [0.2, 0.25) is 5.02 Å². The third-order valence-electron chi connectivity index (χ3n) is 2.51. The highest BCUT2D eigenvalue weighted by Crippen LogP contribution is 2.33. The monoisotopic (exact) mass is 244 g/mol. The molecule has 1 atom stereocenters. The molecule has 1 aromatic rings. The highest BCUT2D eigenvalue weighted by atomic mass is 35.5. The highest BCUT2D eigenvalue weighted by Gasteiger charge is 2.26. The molecule has 1 aromatic carbocycles. The van der Waals surface area contributed by atoms with E-state index in [0.717, 1.165) is 5.75 Å². The van der Waals surface area contributed by atoms with Crippen molar-refractivity contribution in [3.05, 3.63) is 34.1 Å². The van der Waals surface area contributed by atoms with Crippen molar-refractivity contribution in [3.8, 4) is 0 Å². The maximum absolute atomic E-state index is 13.6. The number of halogens is 2. The fraction of sp³-hybridized carbons (Fsp3) is 0.364. The number of carbonyl (C=O) groups is 1. The van der Waals surface area contributed by atoms with Gasteiger partial charge in [0.1, 0.15) is 5.82 Å². The lowest BCUT2D eigenvalue weighted by atomic mass is 9.96. The molecule has 0 saturated heterocycles. The number of benzene rings is 1. The second-order valence-corrected chi connectivity index (χ2v) is 5.10. The van der Waals surface area contributed by atoms with Crippen molar-refractivity contribution in [2.24, 2.45) is 5.92 Å². The average Bonchev–Trinajstić information content (AvgIpc) is 2.35. The Morgan fingerprint density at radius 3 is 3.00 bits per heavy atom. The summed E-state index contributed by atoms with van der Waals surface area (Å²) in [5.41, 5.74) is 0.844. The van der Waals surface area contributed by atoms with Crippen LogP contribution in [0.1, 0.15) is 22.8 Å². The summed E-state index contributed by atoms with van der Waals surface area (Å²) >= 11 is 7.59. The molecule has 1 nitrogen and oxygen atoms in total. The van der Waals surface area contributed by atoms with Crippen LogP contribution in [0.5, 0.6) is 0 Å². The fourth-order valence-corrected chi connectivity index (χ4v) is 3.09. The van der Waals surface area contributed by atoms with E-state index in [9.17, 15) is 9.18 Å². The van der Waals surface area contributed by atoms with E-state index < -0.39 is 5.82 Å². The van der Waals surface area contributed by atoms with Gasteiger partial charge in [0, 0.05) is 22.4 Å². The highest BCUT2D eigenvalue weighted by molar-refractivity contribution is 7.98. The lowest BCUT2D eigenvalue weighted by molar-refractivity contribution is 0.0938. The van der Waals surface area contributed by atoms with E-state index in [0.29, 0.717) is 16.3 Å². The first-order chi connectivity index (χ1) is 7.11. The largest absolute Gasteiger partial charge is 0.294 e. The van der Waals surface area contributed by atoms with E-state index in [4.69, 9.17) is 11.6 Å². The van der Waals surface area contributed by atoms with Crippen LogP contribution < -0.4 is 0 Å². The van der Waals surface area contributed by atoms with Gasteiger partial charge in [-0.15, -0.1) is 0 Å². The summed E-state index contributed by atoms with van der Waals surface area (Å²) in [5.74, 6) is 0.624. The minimum Gasteiger partial charge on any atom is -0.294 e. The summed E-state index contributed by atoms with van der Waals surface area (Å²) in [6.45, 7) is 1.82. The summed E-state index contributed by atoms with van der Waals surface area (Å²) < 4.78 is 13.6.